The molecule has 1 rings (SSSR count). The van der Waals surface area contributed by atoms with E-state index in [1.165, 1.54) is 0 Å². The summed E-state index contributed by atoms with van der Waals surface area (Å²) >= 11 is 4.54. The highest BCUT2D eigenvalue weighted by molar-refractivity contribution is 7.78. The van der Waals surface area contributed by atoms with Crippen molar-refractivity contribution in [3.63, 3.8) is 0 Å². The Morgan fingerprint density at radius 2 is 1.86 bits per heavy atom. The molecule has 14 heavy (non-hydrogen) atoms. The lowest BCUT2D eigenvalue weighted by molar-refractivity contribution is 0.779. The van der Waals surface area contributed by atoms with Crippen LogP contribution in [0, 0.1) is 0 Å². The van der Waals surface area contributed by atoms with Crippen LogP contribution in [0.2, 0.25) is 0 Å². The van der Waals surface area contributed by atoms with Gasteiger partial charge in [0, 0.05) is 0 Å². The molecular formula is C10H11N3S. The molecule has 0 saturated carbocycles. The summed E-state index contributed by atoms with van der Waals surface area (Å²) in [5.74, 6) is 0. The molecule has 72 valence electrons. The molecule has 0 radical (unpaired) electrons. The van der Waals surface area contributed by atoms with Crippen LogP contribution < -0.4 is 0 Å². The number of benzene rings is 1. The second-order valence-electron chi connectivity index (χ2n) is 3.00. The van der Waals surface area contributed by atoms with Crippen LogP contribution in [0.1, 0.15) is 13.8 Å². The maximum Gasteiger partial charge on any atom is 0.112 e. The zero-order chi connectivity index (χ0) is 10.4. The maximum absolute atomic E-state index is 4.54. The van der Waals surface area contributed by atoms with Gasteiger partial charge in [-0.25, -0.2) is 0 Å². The van der Waals surface area contributed by atoms with E-state index in [2.05, 4.69) is 32.6 Å². The normalized spacial score (nSPS) is 10.5. The number of para-hydroxylation sites is 1. The minimum absolute atomic E-state index is 0.180. The Bertz CT molecular complexity index is 379. The predicted octanol–water partition coefficient (Wildman–Crippen LogP) is 3.91. The van der Waals surface area contributed by atoms with E-state index in [-0.39, 0.29) is 6.04 Å². The topological polar surface area (TPSA) is 37.1 Å². The molecule has 0 amide bonds. The van der Waals surface area contributed by atoms with Gasteiger partial charge in [-0.15, -0.1) is 0 Å². The van der Waals surface area contributed by atoms with E-state index in [0.29, 0.717) is 5.69 Å². The zero-order valence-corrected chi connectivity index (χ0v) is 8.95. The van der Waals surface area contributed by atoms with Gasteiger partial charge in [-0.1, -0.05) is 12.1 Å². The van der Waals surface area contributed by atoms with Crippen LogP contribution in [0.5, 0.6) is 0 Å². The summed E-state index contributed by atoms with van der Waals surface area (Å²) in [5, 5.41) is 10.4. The van der Waals surface area contributed by atoms with Crippen molar-refractivity contribution in [2.24, 2.45) is 15.2 Å². The standard InChI is InChI=1S/C10H11N3S/c1-8(2)12-13-10-6-4-3-5-9(10)11-7-14/h3-6,8H,1-2H3. The fraction of sp³-hybridized carbons (Fsp3) is 0.300. The van der Waals surface area contributed by atoms with Crippen LogP contribution in [0.25, 0.3) is 0 Å². The molecule has 3 nitrogen and oxygen atoms in total. The number of rotatable bonds is 3. The number of isothiocyanates is 1. The first-order valence-electron chi connectivity index (χ1n) is 4.32. The first-order valence-corrected chi connectivity index (χ1v) is 4.72. The maximum atomic E-state index is 4.54. The highest BCUT2D eigenvalue weighted by Crippen LogP contribution is 2.27. The third-order valence-corrected chi connectivity index (χ3v) is 1.54. The summed E-state index contributed by atoms with van der Waals surface area (Å²) in [7, 11) is 0. The second kappa shape index (κ2) is 5.37. The molecule has 1 aromatic rings. The van der Waals surface area contributed by atoms with Gasteiger partial charge in [0.2, 0.25) is 0 Å². The first kappa shape index (κ1) is 10.7. The van der Waals surface area contributed by atoms with Crippen LogP contribution >= 0.6 is 12.2 Å². The number of hydrogen-bond acceptors (Lipinski definition) is 4. The summed E-state index contributed by atoms with van der Waals surface area (Å²) < 4.78 is 0. The molecule has 1 aromatic carbocycles. The van der Waals surface area contributed by atoms with Gasteiger partial charge >= 0.3 is 0 Å². The molecule has 0 atom stereocenters. The average Bonchev–Trinajstić information content (AvgIpc) is 2.17. The van der Waals surface area contributed by atoms with Gasteiger partial charge in [0.15, 0.2) is 0 Å². The Labute approximate surface area is 88.6 Å². The lowest BCUT2D eigenvalue weighted by atomic mass is 10.3. The summed E-state index contributed by atoms with van der Waals surface area (Å²) in [6.45, 7) is 3.93. The van der Waals surface area contributed by atoms with Crippen molar-refractivity contribution in [3.05, 3.63) is 24.3 Å². The van der Waals surface area contributed by atoms with Crippen molar-refractivity contribution in [3.8, 4) is 0 Å². The van der Waals surface area contributed by atoms with E-state index in [1.807, 2.05) is 38.1 Å². The Morgan fingerprint density at radius 1 is 1.21 bits per heavy atom. The second-order valence-corrected chi connectivity index (χ2v) is 3.18. The molecule has 4 heteroatoms. The molecule has 0 spiro atoms. The van der Waals surface area contributed by atoms with E-state index >= 15 is 0 Å². The van der Waals surface area contributed by atoms with Crippen LogP contribution in [0.3, 0.4) is 0 Å². The molecule has 0 N–H and O–H groups in total. The van der Waals surface area contributed by atoms with Crippen molar-refractivity contribution in [2.45, 2.75) is 19.9 Å². The number of hydrogen-bond donors (Lipinski definition) is 0. The third-order valence-electron chi connectivity index (χ3n) is 1.44. The third kappa shape index (κ3) is 3.17. The highest BCUT2D eigenvalue weighted by atomic mass is 32.1. The molecule has 0 fully saturated rings. The quantitative estimate of drug-likeness (QED) is 0.418. The van der Waals surface area contributed by atoms with Crippen LogP contribution in [-0.4, -0.2) is 11.2 Å². The Balaban J connectivity index is 3.01. The van der Waals surface area contributed by atoms with Gasteiger partial charge in [-0.3, -0.25) is 0 Å². The van der Waals surface area contributed by atoms with E-state index in [0.717, 1.165) is 5.69 Å². The minimum Gasteiger partial charge on any atom is -0.192 e. The fourth-order valence-corrected chi connectivity index (χ4v) is 0.968. The lowest BCUT2D eigenvalue weighted by Crippen LogP contribution is -1.83. The minimum atomic E-state index is 0.180. The van der Waals surface area contributed by atoms with Crippen molar-refractivity contribution < 1.29 is 0 Å². The summed E-state index contributed by atoms with van der Waals surface area (Å²) in [4.78, 5) is 3.90. The zero-order valence-electron chi connectivity index (χ0n) is 8.14. The van der Waals surface area contributed by atoms with Gasteiger partial charge in [0.1, 0.15) is 11.4 Å². The molecule has 0 unspecified atom stereocenters. The highest BCUT2D eigenvalue weighted by Gasteiger charge is 1.97. The van der Waals surface area contributed by atoms with E-state index in [1.54, 1.807) is 0 Å². The molecule has 0 heterocycles. The lowest BCUT2D eigenvalue weighted by Gasteiger charge is -1.97. The Hall–Kier alpha value is -1.38. The van der Waals surface area contributed by atoms with E-state index in [9.17, 15) is 0 Å². The summed E-state index contributed by atoms with van der Waals surface area (Å²) in [5.41, 5.74) is 1.42. The van der Waals surface area contributed by atoms with Gasteiger partial charge in [0.05, 0.1) is 11.2 Å². The van der Waals surface area contributed by atoms with Crippen molar-refractivity contribution in [2.75, 3.05) is 0 Å². The van der Waals surface area contributed by atoms with Gasteiger partial charge in [-0.05, 0) is 38.2 Å². The number of aliphatic imine (C=N–C) groups is 1. The largest absolute Gasteiger partial charge is 0.192 e. The van der Waals surface area contributed by atoms with Crippen molar-refractivity contribution >= 4 is 28.8 Å². The van der Waals surface area contributed by atoms with Crippen LogP contribution in [0.15, 0.2) is 39.5 Å². The Kier molecular flexibility index (Phi) is 4.11. The number of thiocarbonyl (C=S) groups is 1. The monoisotopic (exact) mass is 205 g/mol. The summed E-state index contributed by atoms with van der Waals surface area (Å²) in [6, 6.07) is 7.61. The fourth-order valence-electron chi connectivity index (χ4n) is 0.870. The average molecular weight is 205 g/mol. The molecule has 0 aliphatic carbocycles. The van der Waals surface area contributed by atoms with Gasteiger partial charge in [-0.2, -0.15) is 15.2 Å². The molecule has 0 aromatic heterocycles. The van der Waals surface area contributed by atoms with Crippen molar-refractivity contribution in [1.82, 2.24) is 0 Å². The van der Waals surface area contributed by atoms with E-state index < -0.39 is 0 Å². The van der Waals surface area contributed by atoms with Gasteiger partial charge < -0.3 is 0 Å². The van der Waals surface area contributed by atoms with Crippen LogP contribution in [-0.2, 0) is 0 Å². The molecular weight excluding hydrogens is 194 g/mol. The van der Waals surface area contributed by atoms with Crippen molar-refractivity contribution in [1.29, 1.82) is 0 Å². The first-order chi connectivity index (χ1) is 6.74. The predicted molar refractivity (Wildman–Crippen MR) is 60.8 cm³/mol. The number of nitrogens with zero attached hydrogens (tertiary/aromatic N) is 3. The summed E-state index contributed by atoms with van der Waals surface area (Å²) in [6.07, 6.45) is 0. The number of azo groups is 1. The molecule has 0 bridgehead atoms. The SMILES string of the molecule is CC(C)N=Nc1ccccc1N=C=S. The molecule has 0 saturated heterocycles. The molecule has 0 aliphatic heterocycles. The van der Waals surface area contributed by atoms with E-state index in [4.69, 9.17) is 0 Å². The van der Waals surface area contributed by atoms with Gasteiger partial charge in [0.25, 0.3) is 0 Å². The molecule has 0 aliphatic rings. The van der Waals surface area contributed by atoms with Crippen LogP contribution in [0.4, 0.5) is 11.4 Å². The smallest absolute Gasteiger partial charge is 0.112 e. The Morgan fingerprint density at radius 3 is 2.43 bits per heavy atom.